The van der Waals surface area contributed by atoms with E-state index in [1.165, 1.54) is 18.2 Å². The van der Waals surface area contributed by atoms with Gasteiger partial charge in [0.2, 0.25) is 5.91 Å². The minimum Gasteiger partial charge on any atom is -0.504 e. The Balaban J connectivity index is 2.67. The van der Waals surface area contributed by atoms with Gasteiger partial charge >= 0.3 is 5.97 Å². The molecule has 1 aromatic carbocycles. The largest absolute Gasteiger partial charge is 0.504 e. The molecule has 21 heavy (non-hydrogen) atoms. The first-order valence-corrected chi connectivity index (χ1v) is 6.56. The molecule has 0 aliphatic rings. The molecule has 1 atom stereocenters. The van der Waals surface area contributed by atoms with E-state index in [-0.39, 0.29) is 30.5 Å². The maximum absolute atomic E-state index is 11.6. The van der Waals surface area contributed by atoms with Crippen LogP contribution in [0.5, 0.6) is 11.5 Å². The van der Waals surface area contributed by atoms with Crippen LogP contribution in [0.4, 0.5) is 0 Å². The zero-order valence-corrected chi connectivity index (χ0v) is 12.0. The zero-order chi connectivity index (χ0) is 16.0. The van der Waals surface area contributed by atoms with E-state index >= 15 is 0 Å². The topological polar surface area (TPSA) is 119 Å². The van der Waals surface area contributed by atoms with Crippen LogP contribution in [0, 0.1) is 0 Å². The Kier molecular flexibility index (Phi) is 5.98. The maximum Gasteiger partial charge on any atom is 0.326 e. The van der Waals surface area contributed by atoms with Crippen LogP contribution in [0.15, 0.2) is 18.2 Å². The molecule has 116 valence electrons. The molecule has 0 radical (unpaired) electrons. The van der Waals surface area contributed by atoms with Gasteiger partial charge in [-0.15, -0.1) is 0 Å². The Morgan fingerprint density at radius 1 is 1.19 bits per heavy atom. The molecule has 0 heterocycles. The van der Waals surface area contributed by atoms with Gasteiger partial charge in [0.25, 0.3) is 0 Å². The summed E-state index contributed by atoms with van der Waals surface area (Å²) in [6.07, 6.45) is 0.0105. The van der Waals surface area contributed by atoms with Crippen LogP contribution in [-0.2, 0) is 16.0 Å². The third kappa shape index (κ3) is 5.70. The average molecular weight is 296 g/mol. The van der Waals surface area contributed by atoms with Gasteiger partial charge in [0.05, 0.1) is 6.54 Å². The lowest BCUT2D eigenvalue weighted by Gasteiger charge is -2.16. The van der Waals surface area contributed by atoms with Crippen molar-refractivity contribution in [1.29, 1.82) is 0 Å². The van der Waals surface area contributed by atoms with Gasteiger partial charge in [-0.05, 0) is 17.7 Å². The summed E-state index contributed by atoms with van der Waals surface area (Å²) < 4.78 is 0. The number of rotatable bonds is 7. The number of carbonyl (C=O) groups excluding carboxylic acids is 1. The maximum atomic E-state index is 11.6. The van der Waals surface area contributed by atoms with E-state index < -0.39 is 17.9 Å². The van der Waals surface area contributed by atoms with E-state index in [0.29, 0.717) is 5.56 Å². The standard InChI is InChI=1S/C14H20N2O5/c1-8(2)15-7-13(19)16-10(14(20)21)5-9-3-4-11(17)12(18)6-9/h3-4,6,8,10,15,17-18H,5,7H2,1-2H3,(H,16,19)(H,20,21). The Morgan fingerprint density at radius 3 is 2.38 bits per heavy atom. The molecule has 0 aromatic heterocycles. The summed E-state index contributed by atoms with van der Waals surface area (Å²) in [5.41, 5.74) is 0.495. The molecule has 0 fully saturated rings. The van der Waals surface area contributed by atoms with E-state index in [2.05, 4.69) is 10.6 Å². The number of phenols is 2. The fourth-order valence-electron chi connectivity index (χ4n) is 1.67. The minimum absolute atomic E-state index is 0.0105. The third-order valence-corrected chi connectivity index (χ3v) is 2.78. The molecule has 5 N–H and O–H groups in total. The summed E-state index contributed by atoms with van der Waals surface area (Å²) in [4.78, 5) is 22.8. The Bertz CT molecular complexity index is 516. The number of nitrogens with one attached hydrogen (secondary N) is 2. The number of carboxylic acid groups (broad SMARTS) is 1. The number of aliphatic carboxylic acids is 1. The minimum atomic E-state index is -1.17. The van der Waals surface area contributed by atoms with Crippen molar-refractivity contribution in [1.82, 2.24) is 10.6 Å². The summed E-state index contributed by atoms with van der Waals surface area (Å²) in [5, 5.41) is 33.0. The van der Waals surface area contributed by atoms with E-state index in [1.807, 2.05) is 13.8 Å². The highest BCUT2D eigenvalue weighted by Crippen LogP contribution is 2.25. The Morgan fingerprint density at radius 2 is 1.86 bits per heavy atom. The van der Waals surface area contributed by atoms with Crippen LogP contribution in [-0.4, -0.2) is 45.8 Å². The molecule has 0 spiro atoms. The van der Waals surface area contributed by atoms with Crippen LogP contribution in [0.1, 0.15) is 19.4 Å². The number of hydrogen-bond donors (Lipinski definition) is 5. The number of carboxylic acids is 1. The molecular formula is C14H20N2O5. The van der Waals surface area contributed by atoms with Crippen molar-refractivity contribution in [2.75, 3.05) is 6.54 Å². The van der Waals surface area contributed by atoms with Crippen LogP contribution in [0.3, 0.4) is 0 Å². The smallest absolute Gasteiger partial charge is 0.326 e. The highest BCUT2D eigenvalue weighted by Gasteiger charge is 2.20. The van der Waals surface area contributed by atoms with Crippen LogP contribution in [0.25, 0.3) is 0 Å². The molecule has 0 bridgehead atoms. The lowest BCUT2D eigenvalue weighted by Crippen LogP contribution is -2.46. The van der Waals surface area contributed by atoms with Crippen molar-refractivity contribution in [2.45, 2.75) is 32.4 Å². The predicted octanol–water partition coefficient (Wildman–Crippen LogP) is 0.208. The predicted molar refractivity (Wildman–Crippen MR) is 76.2 cm³/mol. The molecule has 7 nitrogen and oxygen atoms in total. The van der Waals surface area contributed by atoms with Gasteiger partial charge < -0.3 is 26.0 Å². The van der Waals surface area contributed by atoms with Crippen molar-refractivity contribution in [3.05, 3.63) is 23.8 Å². The summed E-state index contributed by atoms with van der Waals surface area (Å²) in [7, 11) is 0. The van der Waals surface area contributed by atoms with E-state index in [9.17, 15) is 19.8 Å². The van der Waals surface area contributed by atoms with Crippen molar-refractivity contribution in [2.24, 2.45) is 0 Å². The van der Waals surface area contributed by atoms with Crippen LogP contribution in [0.2, 0.25) is 0 Å². The molecule has 1 aromatic rings. The zero-order valence-electron chi connectivity index (χ0n) is 12.0. The number of aromatic hydroxyl groups is 2. The first-order valence-electron chi connectivity index (χ1n) is 6.56. The fourth-order valence-corrected chi connectivity index (χ4v) is 1.67. The van der Waals surface area contributed by atoms with Crippen LogP contribution >= 0.6 is 0 Å². The summed E-state index contributed by atoms with van der Waals surface area (Å²) in [6, 6.07) is 3.04. The summed E-state index contributed by atoms with van der Waals surface area (Å²) in [6.45, 7) is 3.78. The fraction of sp³-hybridized carbons (Fsp3) is 0.429. The second kappa shape index (κ2) is 7.49. The average Bonchev–Trinajstić information content (AvgIpc) is 2.39. The Hall–Kier alpha value is -2.28. The number of hydrogen-bond acceptors (Lipinski definition) is 5. The van der Waals surface area contributed by atoms with Gasteiger partial charge in [0.15, 0.2) is 11.5 Å². The third-order valence-electron chi connectivity index (χ3n) is 2.78. The number of benzene rings is 1. The normalized spacial score (nSPS) is 12.1. The number of amides is 1. The van der Waals surface area contributed by atoms with E-state index in [1.54, 1.807) is 0 Å². The molecule has 0 aliphatic carbocycles. The van der Waals surface area contributed by atoms with Crippen molar-refractivity contribution in [3.63, 3.8) is 0 Å². The first-order chi connectivity index (χ1) is 9.79. The molecular weight excluding hydrogens is 276 g/mol. The van der Waals surface area contributed by atoms with Gasteiger partial charge in [-0.2, -0.15) is 0 Å². The van der Waals surface area contributed by atoms with Gasteiger partial charge in [-0.25, -0.2) is 4.79 Å². The molecule has 7 heteroatoms. The van der Waals surface area contributed by atoms with Gasteiger partial charge in [-0.1, -0.05) is 19.9 Å². The van der Waals surface area contributed by atoms with Crippen molar-refractivity contribution < 1.29 is 24.9 Å². The quantitative estimate of drug-likeness (QED) is 0.459. The summed E-state index contributed by atoms with van der Waals surface area (Å²) >= 11 is 0. The second-order valence-electron chi connectivity index (χ2n) is 5.02. The molecule has 1 rings (SSSR count). The molecule has 1 amide bonds. The van der Waals surface area contributed by atoms with Crippen molar-refractivity contribution >= 4 is 11.9 Å². The SMILES string of the molecule is CC(C)NCC(=O)NC(Cc1ccc(O)c(O)c1)C(=O)O. The number of carbonyl (C=O) groups is 2. The highest BCUT2D eigenvalue weighted by molar-refractivity contribution is 5.84. The van der Waals surface area contributed by atoms with Gasteiger partial charge in [0, 0.05) is 12.5 Å². The monoisotopic (exact) mass is 296 g/mol. The molecule has 0 aliphatic heterocycles. The van der Waals surface area contributed by atoms with Gasteiger partial charge in [0.1, 0.15) is 6.04 Å². The highest BCUT2D eigenvalue weighted by atomic mass is 16.4. The van der Waals surface area contributed by atoms with Gasteiger partial charge in [-0.3, -0.25) is 4.79 Å². The van der Waals surface area contributed by atoms with E-state index in [0.717, 1.165) is 0 Å². The Labute approximate surface area is 122 Å². The second-order valence-corrected chi connectivity index (χ2v) is 5.02. The van der Waals surface area contributed by atoms with E-state index in [4.69, 9.17) is 5.11 Å². The molecule has 0 saturated carbocycles. The molecule has 1 unspecified atom stereocenters. The molecule has 0 saturated heterocycles. The number of phenolic OH excluding ortho intramolecular Hbond substituents is 2. The van der Waals surface area contributed by atoms with Crippen molar-refractivity contribution in [3.8, 4) is 11.5 Å². The lowest BCUT2D eigenvalue weighted by atomic mass is 10.1. The lowest BCUT2D eigenvalue weighted by molar-refractivity contribution is -0.141. The summed E-state index contributed by atoms with van der Waals surface area (Å²) in [5.74, 6) is -2.19. The first kappa shape index (κ1) is 16.8. The van der Waals surface area contributed by atoms with Crippen LogP contribution < -0.4 is 10.6 Å².